The molecule has 0 aliphatic carbocycles. The zero-order valence-corrected chi connectivity index (χ0v) is 8.69. The molecular weight excluding hydrogens is 190 g/mol. The summed E-state index contributed by atoms with van der Waals surface area (Å²) in [6.45, 7) is 2.42. The highest BCUT2D eigenvalue weighted by atomic mass is 16.5. The van der Waals surface area contributed by atoms with Crippen LogP contribution in [-0.2, 0) is 17.8 Å². The molecule has 0 saturated carbocycles. The van der Waals surface area contributed by atoms with Crippen molar-refractivity contribution in [1.82, 2.24) is 0 Å². The first-order chi connectivity index (χ1) is 7.31. The number of hydrogen-bond donors (Lipinski definition) is 0. The summed E-state index contributed by atoms with van der Waals surface area (Å²) in [6.07, 6.45) is 3.89. The van der Waals surface area contributed by atoms with Gasteiger partial charge in [-0.25, -0.2) is 9.79 Å². The molecule has 0 amide bonds. The molecule has 1 atom stereocenters. The Hall–Kier alpha value is -1.60. The van der Waals surface area contributed by atoms with Crippen LogP contribution in [0, 0.1) is 0 Å². The van der Waals surface area contributed by atoms with Crippen molar-refractivity contribution in [3.63, 3.8) is 0 Å². The van der Waals surface area contributed by atoms with Crippen molar-refractivity contribution in [3.05, 3.63) is 29.3 Å². The van der Waals surface area contributed by atoms with Gasteiger partial charge in [0, 0.05) is 5.56 Å². The Kier molecular flexibility index (Phi) is 2.84. The monoisotopic (exact) mass is 203 g/mol. The third-order valence-electron chi connectivity index (χ3n) is 2.63. The number of ether oxygens (including phenoxy) is 1. The number of rotatable bonds is 2. The molecule has 1 aliphatic rings. The molecule has 2 rings (SSSR count). The normalized spacial score (nSPS) is 18.6. The lowest BCUT2D eigenvalue weighted by atomic mass is 10.00. The maximum Gasteiger partial charge on any atom is 0.235 e. The number of para-hydroxylation sites is 1. The van der Waals surface area contributed by atoms with Crippen LogP contribution < -0.4 is 4.74 Å². The predicted molar refractivity (Wildman–Crippen MR) is 56.7 cm³/mol. The quantitative estimate of drug-likeness (QED) is 0.546. The van der Waals surface area contributed by atoms with Gasteiger partial charge in [-0.15, -0.1) is 0 Å². The van der Waals surface area contributed by atoms with E-state index in [-0.39, 0.29) is 6.10 Å². The van der Waals surface area contributed by atoms with Crippen molar-refractivity contribution >= 4 is 6.08 Å². The first kappa shape index (κ1) is 9.94. The minimum atomic E-state index is 0.249. The van der Waals surface area contributed by atoms with Crippen LogP contribution in [0.5, 0.6) is 5.75 Å². The van der Waals surface area contributed by atoms with Gasteiger partial charge in [-0.3, -0.25) is 0 Å². The average molecular weight is 203 g/mol. The van der Waals surface area contributed by atoms with E-state index in [1.807, 2.05) is 12.1 Å². The second kappa shape index (κ2) is 4.28. The molecule has 0 radical (unpaired) electrons. The summed E-state index contributed by atoms with van der Waals surface area (Å²) in [5, 5.41) is 0. The van der Waals surface area contributed by atoms with Gasteiger partial charge in [-0.1, -0.05) is 18.2 Å². The Labute approximate surface area is 88.8 Å². The third-order valence-corrected chi connectivity index (χ3v) is 2.63. The smallest absolute Gasteiger partial charge is 0.235 e. The van der Waals surface area contributed by atoms with Crippen LogP contribution in [0.4, 0.5) is 0 Å². The fourth-order valence-electron chi connectivity index (χ4n) is 1.85. The van der Waals surface area contributed by atoms with Crippen molar-refractivity contribution in [2.45, 2.75) is 32.4 Å². The second-order valence-corrected chi connectivity index (χ2v) is 3.78. The van der Waals surface area contributed by atoms with Gasteiger partial charge in [0.05, 0.1) is 12.6 Å². The van der Waals surface area contributed by atoms with Crippen LogP contribution in [0.2, 0.25) is 0 Å². The molecule has 0 saturated heterocycles. The number of nitrogens with zero attached hydrogens (tertiary/aromatic N) is 1. The average Bonchev–Trinajstić information content (AvgIpc) is 2.26. The first-order valence-corrected chi connectivity index (χ1v) is 5.12. The lowest BCUT2D eigenvalue weighted by Crippen LogP contribution is -2.19. The van der Waals surface area contributed by atoms with Gasteiger partial charge in [-0.2, -0.15) is 0 Å². The number of fused-ring (bicyclic) bond motifs is 1. The molecule has 1 aliphatic heterocycles. The van der Waals surface area contributed by atoms with Gasteiger partial charge >= 0.3 is 0 Å². The molecule has 1 aromatic carbocycles. The Bertz CT molecular complexity index is 408. The van der Waals surface area contributed by atoms with Crippen molar-refractivity contribution in [1.29, 1.82) is 0 Å². The summed E-state index contributed by atoms with van der Waals surface area (Å²) in [7, 11) is 0. The molecule has 0 fully saturated rings. The van der Waals surface area contributed by atoms with E-state index in [9.17, 15) is 4.79 Å². The van der Waals surface area contributed by atoms with E-state index in [4.69, 9.17) is 4.74 Å². The molecule has 1 aromatic rings. The summed E-state index contributed by atoms with van der Waals surface area (Å²) in [5.41, 5.74) is 2.19. The lowest BCUT2D eigenvalue weighted by Gasteiger charge is -2.24. The van der Waals surface area contributed by atoms with Crippen molar-refractivity contribution < 1.29 is 9.53 Å². The highest BCUT2D eigenvalue weighted by molar-refractivity contribution is 5.44. The van der Waals surface area contributed by atoms with Crippen LogP contribution in [-0.4, -0.2) is 12.2 Å². The number of aryl methyl sites for hydroxylation is 1. The summed E-state index contributed by atoms with van der Waals surface area (Å²) < 4.78 is 5.77. The van der Waals surface area contributed by atoms with Crippen molar-refractivity contribution in [2.75, 3.05) is 0 Å². The van der Waals surface area contributed by atoms with Crippen LogP contribution in [0.1, 0.15) is 24.5 Å². The fraction of sp³-hybridized carbons (Fsp3) is 0.417. The van der Waals surface area contributed by atoms with E-state index in [0.717, 1.165) is 24.2 Å². The van der Waals surface area contributed by atoms with Crippen molar-refractivity contribution in [3.8, 4) is 5.75 Å². The molecule has 0 N–H and O–H groups in total. The minimum absolute atomic E-state index is 0.249. The SMILES string of the molecule is CC1CCc2cccc(CN=C=O)c2O1. The zero-order valence-electron chi connectivity index (χ0n) is 8.69. The molecule has 0 bridgehead atoms. The molecule has 1 unspecified atom stereocenters. The van der Waals surface area contributed by atoms with E-state index in [2.05, 4.69) is 18.0 Å². The van der Waals surface area contributed by atoms with Crippen LogP contribution in [0.25, 0.3) is 0 Å². The molecule has 78 valence electrons. The Balaban J connectivity index is 2.34. The molecule has 3 heteroatoms. The Morgan fingerprint density at radius 3 is 3.27 bits per heavy atom. The maximum atomic E-state index is 10.1. The summed E-state index contributed by atoms with van der Waals surface area (Å²) >= 11 is 0. The van der Waals surface area contributed by atoms with Gasteiger partial charge in [0.25, 0.3) is 0 Å². The van der Waals surface area contributed by atoms with Gasteiger partial charge in [0.1, 0.15) is 5.75 Å². The topological polar surface area (TPSA) is 38.7 Å². The van der Waals surface area contributed by atoms with Crippen molar-refractivity contribution in [2.24, 2.45) is 4.99 Å². The summed E-state index contributed by atoms with van der Waals surface area (Å²) in [6, 6.07) is 5.99. The number of carbonyl (C=O) groups excluding carboxylic acids is 1. The highest BCUT2D eigenvalue weighted by Gasteiger charge is 2.18. The molecule has 15 heavy (non-hydrogen) atoms. The van der Waals surface area contributed by atoms with Gasteiger partial charge in [-0.05, 0) is 25.3 Å². The fourth-order valence-corrected chi connectivity index (χ4v) is 1.85. The van der Waals surface area contributed by atoms with Gasteiger partial charge in [0.2, 0.25) is 6.08 Å². The van der Waals surface area contributed by atoms with Crippen LogP contribution in [0.15, 0.2) is 23.2 Å². The predicted octanol–water partition coefficient (Wildman–Crippen LogP) is 2.24. The van der Waals surface area contributed by atoms with E-state index in [0.29, 0.717) is 6.54 Å². The van der Waals surface area contributed by atoms with Crippen LogP contribution >= 0.6 is 0 Å². The minimum Gasteiger partial charge on any atom is -0.490 e. The first-order valence-electron chi connectivity index (χ1n) is 5.12. The highest BCUT2D eigenvalue weighted by Crippen LogP contribution is 2.31. The summed E-state index contributed by atoms with van der Waals surface area (Å²) in [4.78, 5) is 13.7. The summed E-state index contributed by atoms with van der Waals surface area (Å²) in [5.74, 6) is 0.912. The molecule has 0 aromatic heterocycles. The number of aliphatic imine (C=N–C) groups is 1. The number of benzene rings is 1. The van der Waals surface area contributed by atoms with E-state index >= 15 is 0 Å². The number of hydrogen-bond acceptors (Lipinski definition) is 3. The molecule has 3 nitrogen and oxygen atoms in total. The van der Waals surface area contributed by atoms with E-state index < -0.39 is 0 Å². The zero-order chi connectivity index (χ0) is 10.7. The molecule has 1 heterocycles. The van der Waals surface area contributed by atoms with E-state index in [1.54, 1.807) is 6.08 Å². The van der Waals surface area contributed by atoms with Gasteiger partial charge < -0.3 is 4.74 Å². The number of isocyanates is 1. The lowest BCUT2D eigenvalue weighted by molar-refractivity contribution is 0.190. The Morgan fingerprint density at radius 1 is 1.60 bits per heavy atom. The molecule has 0 spiro atoms. The largest absolute Gasteiger partial charge is 0.490 e. The third kappa shape index (κ3) is 2.08. The van der Waals surface area contributed by atoms with Gasteiger partial charge in [0.15, 0.2) is 0 Å². The Morgan fingerprint density at radius 2 is 2.47 bits per heavy atom. The standard InChI is InChI=1S/C12H13NO2/c1-9-5-6-10-3-2-4-11(7-13-8-14)12(10)15-9/h2-4,9H,5-7H2,1H3. The van der Waals surface area contributed by atoms with E-state index in [1.165, 1.54) is 5.56 Å². The maximum absolute atomic E-state index is 10.1. The second-order valence-electron chi connectivity index (χ2n) is 3.78. The molecular formula is C12H13NO2. The van der Waals surface area contributed by atoms with Crippen LogP contribution in [0.3, 0.4) is 0 Å².